The molecule has 0 bridgehead atoms. The Bertz CT molecular complexity index is 766. The van der Waals surface area contributed by atoms with Crippen LogP contribution in [-0.4, -0.2) is 79.1 Å². The fourth-order valence-electron chi connectivity index (χ4n) is 3.10. The van der Waals surface area contributed by atoms with Crippen LogP contribution < -0.4 is 5.32 Å². The van der Waals surface area contributed by atoms with Crippen molar-refractivity contribution in [2.45, 2.75) is 84.7 Å². The van der Waals surface area contributed by atoms with Gasteiger partial charge in [0.15, 0.2) is 30.6 Å². The Kier molecular flexibility index (Phi) is 10.7. The molecule has 1 rings (SSSR count). The average molecular weight is 475 g/mol. The average Bonchev–Trinajstić information content (AvgIpc) is 2.67. The highest BCUT2D eigenvalue weighted by molar-refractivity contribution is 5.83. The lowest BCUT2D eigenvalue weighted by molar-refractivity contribution is -0.257. The van der Waals surface area contributed by atoms with E-state index in [4.69, 9.17) is 28.4 Å². The molecule has 0 aromatic rings. The minimum absolute atomic E-state index is 0.122. The van der Waals surface area contributed by atoms with E-state index in [1.54, 1.807) is 6.92 Å². The number of ether oxygens (including phenoxy) is 6. The van der Waals surface area contributed by atoms with Gasteiger partial charge in [-0.25, -0.2) is 0 Å². The molecule has 1 aliphatic rings. The van der Waals surface area contributed by atoms with E-state index in [1.165, 1.54) is 0 Å². The Hall–Kier alpha value is -3.22. The van der Waals surface area contributed by atoms with Crippen LogP contribution >= 0.6 is 0 Å². The van der Waals surface area contributed by atoms with Crippen LogP contribution in [0.15, 0.2) is 0 Å². The molecule has 0 aromatic heterocycles. The third-order valence-corrected chi connectivity index (χ3v) is 4.25. The van der Waals surface area contributed by atoms with Crippen LogP contribution in [-0.2, 0) is 57.2 Å². The molecule has 0 aliphatic carbocycles. The van der Waals surface area contributed by atoms with Gasteiger partial charge < -0.3 is 33.7 Å². The van der Waals surface area contributed by atoms with Gasteiger partial charge in [0.25, 0.3) is 5.91 Å². The van der Waals surface area contributed by atoms with E-state index >= 15 is 0 Å². The normalized spacial score (nSPS) is 25.1. The van der Waals surface area contributed by atoms with Crippen molar-refractivity contribution in [2.75, 3.05) is 6.61 Å². The number of hydrogen-bond donors (Lipinski definition) is 1. The van der Waals surface area contributed by atoms with Gasteiger partial charge in [-0.15, -0.1) is 0 Å². The zero-order chi connectivity index (χ0) is 25.3. The lowest BCUT2D eigenvalue weighted by atomic mass is 9.97. The van der Waals surface area contributed by atoms with E-state index in [1.807, 2.05) is 0 Å². The van der Waals surface area contributed by atoms with E-state index < -0.39 is 79.1 Å². The van der Waals surface area contributed by atoms with Crippen molar-refractivity contribution >= 4 is 35.8 Å². The number of nitrogens with one attached hydrogen (secondary N) is 1. The molecule has 1 heterocycles. The Morgan fingerprint density at radius 2 is 1.27 bits per heavy atom. The molecule has 186 valence electrons. The Morgan fingerprint density at radius 3 is 1.73 bits per heavy atom. The molecule has 1 N–H and O–H groups in total. The molecule has 6 atom stereocenters. The summed E-state index contributed by atoms with van der Waals surface area (Å²) in [6, 6.07) is 0. The SMILES string of the molecule is CCC(OC(C)=O)C(=O)N[C@@H]1O[C@H](COC(C)=O)[C@@H](OC(C)=O)[C@H](OC(C)=O)[C@H]1OC(C)=O. The first-order valence-electron chi connectivity index (χ1n) is 10.1. The fraction of sp³-hybridized carbons (Fsp3) is 0.700. The first-order chi connectivity index (χ1) is 15.3. The smallest absolute Gasteiger partial charge is 0.303 e. The van der Waals surface area contributed by atoms with Crippen molar-refractivity contribution < 1.29 is 57.2 Å². The van der Waals surface area contributed by atoms with Crippen molar-refractivity contribution in [3.63, 3.8) is 0 Å². The number of carbonyl (C=O) groups excluding carboxylic acids is 6. The number of hydrogen-bond acceptors (Lipinski definition) is 12. The summed E-state index contributed by atoms with van der Waals surface area (Å²) >= 11 is 0. The second-order valence-electron chi connectivity index (χ2n) is 7.13. The Labute approximate surface area is 190 Å². The van der Waals surface area contributed by atoms with Crippen LogP contribution in [0, 0.1) is 0 Å². The van der Waals surface area contributed by atoms with E-state index in [0.717, 1.165) is 34.6 Å². The number of esters is 5. The maximum atomic E-state index is 12.7. The van der Waals surface area contributed by atoms with Crippen molar-refractivity contribution in [2.24, 2.45) is 0 Å². The summed E-state index contributed by atoms with van der Waals surface area (Å²) in [5, 5.41) is 2.44. The van der Waals surface area contributed by atoms with Crippen molar-refractivity contribution in [1.82, 2.24) is 5.32 Å². The molecule has 0 saturated carbocycles. The zero-order valence-electron chi connectivity index (χ0n) is 19.3. The van der Waals surface area contributed by atoms with Gasteiger partial charge in [0.2, 0.25) is 0 Å². The quantitative estimate of drug-likeness (QED) is 0.336. The third kappa shape index (κ3) is 9.04. The summed E-state index contributed by atoms with van der Waals surface area (Å²) < 4.78 is 31.4. The molecule has 1 unspecified atom stereocenters. The summed E-state index contributed by atoms with van der Waals surface area (Å²) in [6.45, 7) is 6.67. The molecule has 13 nitrogen and oxygen atoms in total. The van der Waals surface area contributed by atoms with Gasteiger partial charge in [-0.1, -0.05) is 6.92 Å². The topological polar surface area (TPSA) is 170 Å². The second kappa shape index (κ2) is 12.7. The molecule has 0 aromatic carbocycles. The first-order valence-corrected chi connectivity index (χ1v) is 10.1. The summed E-state index contributed by atoms with van der Waals surface area (Å²) in [5.41, 5.74) is 0. The minimum Gasteiger partial charge on any atom is -0.463 e. The monoisotopic (exact) mass is 475 g/mol. The van der Waals surface area contributed by atoms with Gasteiger partial charge in [0, 0.05) is 34.6 Å². The van der Waals surface area contributed by atoms with Gasteiger partial charge in [0.05, 0.1) is 0 Å². The summed E-state index contributed by atoms with van der Waals surface area (Å²) in [5.74, 6) is -4.55. The van der Waals surface area contributed by atoms with Gasteiger partial charge in [-0.2, -0.15) is 0 Å². The molecule has 1 fully saturated rings. The second-order valence-corrected chi connectivity index (χ2v) is 7.13. The standard InChI is InChI=1S/C20H29NO12/c1-7-14(29-10(3)23)19(27)21-20-18(32-13(6)26)17(31-12(5)25)16(30-11(4)24)15(33-20)8-28-9(2)22/h14-18,20H,7-8H2,1-6H3,(H,21,27)/t14?,15-,16-,17+,18-,20-/m1/s1. The number of carbonyl (C=O) groups is 6. The van der Waals surface area contributed by atoms with Crippen molar-refractivity contribution in [1.29, 1.82) is 0 Å². The molecule has 0 spiro atoms. The van der Waals surface area contributed by atoms with Crippen molar-refractivity contribution in [3.8, 4) is 0 Å². The molecule has 0 radical (unpaired) electrons. The van der Waals surface area contributed by atoms with E-state index in [0.29, 0.717) is 0 Å². The highest BCUT2D eigenvalue weighted by Crippen LogP contribution is 2.28. The van der Waals surface area contributed by atoms with Crippen LogP contribution in [0.3, 0.4) is 0 Å². The van der Waals surface area contributed by atoms with Crippen LogP contribution in [0.1, 0.15) is 48.0 Å². The van der Waals surface area contributed by atoms with Gasteiger partial charge in [-0.3, -0.25) is 28.8 Å². The van der Waals surface area contributed by atoms with Crippen molar-refractivity contribution in [3.05, 3.63) is 0 Å². The molecule has 33 heavy (non-hydrogen) atoms. The summed E-state index contributed by atoms with van der Waals surface area (Å²) in [4.78, 5) is 70.5. The van der Waals surface area contributed by atoms with Crippen LogP contribution in [0.4, 0.5) is 0 Å². The van der Waals surface area contributed by atoms with Crippen LogP contribution in [0.5, 0.6) is 0 Å². The lowest BCUT2D eigenvalue weighted by Crippen LogP contribution is -2.66. The molecular weight excluding hydrogens is 446 g/mol. The number of rotatable bonds is 9. The molecule has 1 aliphatic heterocycles. The predicted octanol–water partition coefficient (Wildman–Crippen LogP) is -0.473. The largest absolute Gasteiger partial charge is 0.463 e. The maximum Gasteiger partial charge on any atom is 0.303 e. The molecule has 13 heteroatoms. The van der Waals surface area contributed by atoms with Crippen LogP contribution in [0.2, 0.25) is 0 Å². The van der Waals surface area contributed by atoms with E-state index in [-0.39, 0.29) is 6.42 Å². The summed E-state index contributed by atoms with van der Waals surface area (Å²) in [6.07, 6.45) is -7.95. The first kappa shape index (κ1) is 27.8. The fourth-order valence-corrected chi connectivity index (χ4v) is 3.10. The predicted molar refractivity (Wildman–Crippen MR) is 106 cm³/mol. The molecule has 1 amide bonds. The molecular formula is C20H29NO12. The van der Waals surface area contributed by atoms with E-state index in [9.17, 15) is 28.8 Å². The highest BCUT2D eigenvalue weighted by atomic mass is 16.7. The molecule has 1 saturated heterocycles. The minimum atomic E-state index is -1.46. The highest BCUT2D eigenvalue weighted by Gasteiger charge is 2.52. The van der Waals surface area contributed by atoms with Gasteiger partial charge >= 0.3 is 29.8 Å². The third-order valence-electron chi connectivity index (χ3n) is 4.25. The van der Waals surface area contributed by atoms with Crippen LogP contribution in [0.25, 0.3) is 0 Å². The number of amides is 1. The van der Waals surface area contributed by atoms with E-state index in [2.05, 4.69) is 5.32 Å². The Morgan fingerprint density at radius 1 is 0.758 bits per heavy atom. The lowest BCUT2D eigenvalue weighted by Gasteiger charge is -2.44. The van der Waals surface area contributed by atoms with Gasteiger partial charge in [-0.05, 0) is 6.42 Å². The maximum absolute atomic E-state index is 12.7. The summed E-state index contributed by atoms with van der Waals surface area (Å²) in [7, 11) is 0. The Balaban J connectivity index is 3.36. The van der Waals surface area contributed by atoms with Gasteiger partial charge in [0.1, 0.15) is 12.7 Å². The zero-order valence-corrected chi connectivity index (χ0v) is 19.3.